The van der Waals surface area contributed by atoms with Crippen molar-refractivity contribution in [2.75, 3.05) is 18.4 Å². The highest BCUT2D eigenvalue weighted by Crippen LogP contribution is 2.13. The molecule has 4 N–H and O–H groups in total. The number of rotatable bonds is 6. The fourth-order valence-corrected chi connectivity index (χ4v) is 1.38. The zero-order chi connectivity index (χ0) is 12.7. The molecule has 17 heavy (non-hydrogen) atoms. The number of primary amides is 1. The number of carbonyl (C=O) groups excluding carboxylic acids is 2. The van der Waals surface area contributed by atoms with Crippen molar-refractivity contribution in [3.8, 4) is 0 Å². The van der Waals surface area contributed by atoms with Gasteiger partial charge in [-0.25, -0.2) is 0 Å². The maximum absolute atomic E-state index is 11.5. The molecule has 5 heteroatoms. The summed E-state index contributed by atoms with van der Waals surface area (Å²) < 4.78 is 0. The van der Waals surface area contributed by atoms with Gasteiger partial charge in [0.2, 0.25) is 5.91 Å². The minimum Gasteiger partial charge on any atom is -0.366 e. The predicted octanol–water partition coefficient (Wildman–Crippen LogP) is 0.724. The molecule has 0 unspecified atom stereocenters. The van der Waals surface area contributed by atoms with Crippen LogP contribution in [0.2, 0.25) is 0 Å². The second kappa shape index (κ2) is 6.65. The van der Waals surface area contributed by atoms with Gasteiger partial charge in [-0.2, -0.15) is 0 Å². The maximum Gasteiger partial charge on any atom is 0.250 e. The predicted molar refractivity (Wildman–Crippen MR) is 66.8 cm³/mol. The van der Waals surface area contributed by atoms with Crippen LogP contribution in [0.4, 0.5) is 5.69 Å². The van der Waals surface area contributed by atoms with Crippen LogP contribution in [0.25, 0.3) is 0 Å². The van der Waals surface area contributed by atoms with Crippen LogP contribution in [0.5, 0.6) is 0 Å². The average molecular weight is 235 g/mol. The number of nitrogens with two attached hydrogens (primary N) is 1. The van der Waals surface area contributed by atoms with Crippen LogP contribution in [0.3, 0.4) is 0 Å². The van der Waals surface area contributed by atoms with Crippen molar-refractivity contribution in [2.45, 2.75) is 13.3 Å². The highest BCUT2D eigenvalue weighted by Gasteiger charge is 2.09. The number of hydrogen-bond acceptors (Lipinski definition) is 3. The van der Waals surface area contributed by atoms with E-state index >= 15 is 0 Å². The summed E-state index contributed by atoms with van der Waals surface area (Å²) >= 11 is 0. The Kier molecular flexibility index (Phi) is 5.16. The highest BCUT2D eigenvalue weighted by molar-refractivity contribution is 6.03. The van der Waals surface area contributed by atoms with Gasteiger partial charge in [0, 0.05) is 0 Å². The molecular formula is C12H17N3O2. The molecule has 5 nitrogen and oxygen atoms in total. The third kappa shape index (κ3) is 4.24. The van der Waals surface area contributed by atoms with Gasteiger partial charge in [-0.15, -0.1) is 0 Å². The molecule has 0 saturated heterocycles. The first-order valence-electron chi connectivity index (χ1n) is 5.54. The van der Waals surface area contributed by atoms with Crippen molar-refractivity contribution >= 4 is 17.5 Å². The molecule has 0 saturated carbocycles. The molecule has 0 aromatic heterocycles. The molecule has 0 bridgehead atoms. The van der Waals surface area contributed by atoms with Crippen LogP contribution in [0.15, 0.2) is 24.3 Å². The van der Waals surface area contributed by atoms with Crippen molar-refractivity contribution < 1.29 is 9.59 Å². The molecule has 0 fully saturated rings. The Morgan fingerprint density at radius 3 is 2.65 bits per heavy atom. The summed E-state index contributed by atoms with van der Waals surface area (Å²) in [4.78, 5) is 22.7. The molecular weight excluding hydrogens is 218 g/mol. The zero-order valence-corrected chi connectivity index (χ0v) is 9.82. The van der Waals surface area contributed by atoms with E-state index in [4.69, 9.17) is 5.73 Å². The molecule has 0 aliphatic carbocycles. The molecule has 0 aliphatic heterocycles. The molecule has 1 aromatic rings. The van der Waals surface area contributed by atoms with E-state index in [1.54, 1.807) is 24.3 Å². The highest BCUT2D eigenvalue weighted by atomic mass is 16.2. The number of anilines is 1. The number of hydrogen-bond donors (Lipinski definition) is 3. The van der Waals surface area contributed by atoms with Crippen molar-refractivity contribution in [2.24, 2.45) is 5.73 Å². The summed E-state index contributed by atoms with van der Waals surface area (Å²) in [6.45, 7) is 3.03. The fourth-order valence-electron chi connectivity index (χ4n) is 1.38. The molecule has 0 aliphatic rings. The van der Waals surface area contributed by atoms with E-state index in [9.17, 15) is 9.59 Å². The SMILES string of the molecule is CCCNCC(=O)Nc1ccccc1C(N)=O. The van der Waals surface area contributed by atoms with Crippen molar-refractivity contribution in [1.82, 2.24) is 5.32 Å². The van der Waals surface area contributed by atoms with E-state index in [0.29, 0.717) is 11.3 Å². The van der Waals surface area contributed by atoms with Crippen LogP contribution < -0.4 is 16.4 Å². The van der Waals surface area contributed by atoms with Crippen molar-refractivity contribution in [3.05, 3.63) is 29.8 Å². The van der Waals surface area contributed by atoms with Crippen LogP contribution in [-0.4, -0.2) is 24.9 Å². The third-order valence-electron chi connectivity index (χ3n) is 2.18. The van der Waals surface area contributed by atoms with E-state index in [2.05, 4.69) is 10.6 Å². The lowest BCUT2D eigenvalue weighted by atomic mass is 10.1. The zero-order valence-electron chi connectivity index (χ0n) is 9.82. The summed E-state index contributed by atoms with van der Waals surface area (Å²) in [5.74, 6) is -0.741. The molecule has 92 valence electrons. The Bertz CT molecular complexity index is 404. The second-order valence-corrected chi connectivity index (χ2v) is 3.63. The summed E-state index contributed by atoms with van der Waals surface area (Å²) in [7, 11) is 0. The lowest BCUT2D eigenvalue weighted by Gasteiger charge is -2.09. The van der Waals surface area contributed by atoms with E-state index in [1.807, 2.05) is 6.92 Å². The van der Waals surface area contributed by atoms with Gasteiger partial charge in [0.15, 0.2) is 0 Å². The van der Waals surface area contributed by atoms with Crippen molar-refractivity contribution in [3.63, 3.8) is 0 Å². The normalized spacial score (nSPS) is 9.94. The first-order chi connectivity index (χ1) is 8.15. The fraction of sp³-hybridized carbons (Fsp3) is 0.333. The summed E-state index contributed by atoms with van der Waals surface area (Å²) in [5, 5.41) is 5.62. The number of nitrogens with one attached hydrogen (secondary N) is 2. The topological polar surface area (TPSA) is 84.2 Å². The molecule has 2 amide bonds. The van der Waals surface area contributed by atoms with E-state index in [0.717, 1.165) is 13.0 Å². The average Bonchev–Trinajstić information content (AvgIpc) is 2.29. The Balaban J connectivity index is 2.61. The number of para-hydroxylation sites is 1. The van der Waals surface area contributed by atoms with Crippen LogP contribution in [0.1, 0.15) is 23.7 Å². The summed E-state index contributed by atoms with van der Waals surface area (Å²) in [6.07, 6.45) is 0.963. The first kappa shape index (κ1) is 13.2. The largest absolute Gasteiger partial charge is 0.366 e. The van der Waals surface area contributed by atoms with E-state index in [-0.39, 0.29) is 12.5 Å². The van der Waals surface area contributed by atoms with Crippen molar-refractivity contribution in [1.29, 1.82) is 0 Å². The summed E-state index contributed by atoms with van der Waals surface area (Å²) in [5.41, 5.74) is 5.97. The number of amides is 2. The third-order valence-corrected chi connectivity index (χ3v) is 2.18. The van der Waals surface area contributed by atoms with Gasteiger partial charge in [0.25, 0.3) is 5.91 Å². The molecule has 0 heterocycles. The maximum atomic E-state index is 11.5. The Morgan fingerprint density at radius 1 is 1.29 bits per heavy atom. The number of carbonyl (C=O) groups is 2. The summed E-state index contributed by atoms with van der Waals surface area (Å²) in [6, 6.07) is 6.67. The molecule has 1 aromatic carbocycles. The Hall–Kier alpha value is -1.88. The minimum absolute atomic E-state index is 0.188. The van der Waals surface area contributed by atoms with Gasteiger partial charge in [-0.05, 0) is 25.1 Å². The molecule has 0 spiro atoms. The first-order valence-corrected chi connectivity index (χ1v) is 5.54. The standard InChI is InChI=1S/C12H17N3O2/c1-2-7-14-8-11(16)15-10-6-4-3-5-9(10)12(13)17/h3-6,14H,2,7-8H2,1H3,(H2,13,17)(H,15,16). The van der Waals surface area contributed by atoms with Crippen LogP contribution in [0, 0.1) is 0 Å². The monoisotopic (exact) mass is 235 g/mol. The van der Waals surface area contributed by atoms with Crippen LogP contribution in [-0.2, 0) is 4.79 Å². The lowest BCUT2D eigenvalue weighted by Crippen LogP contribution is -2.29. The van der Waals surface area contributed by atoms with Gasteiger partial charge >= 0.3 is 0 Å². The lowest BCUT2D eigenvalue weighted by molar-refractivity contribution is -0.115. The van der Waals surface area contributed by atoms with Crippen LogP contribution >= 0.6 is 0 Å². The molecule has 1 rings (SSSR count). The Morgan fingerprint density at radius 2 is 2.00 bits per heavy atom. The van der Waals surface area contributed by atoms with Gasteiger partial charge < -0.3 is 16.4 Å². The minimum atomic E-state index is -0.553. The molecule has 0 atom stereocenters. The second-order valence-electron chi connectivity index (χ2n) is 3.63. The smallest absolute Gasteiger partial charge is 0.250 e. The van der Waals surface area contributed by atoms with E-state index in [1.165, 1.54) is 0 Å². The van der Waals surface area contributed by atoms with Gasteiger partial charge in [0.1, 0.15) is 0 Å². The van der Waals surface area contributed by atoms with Gasteiger partial charge in [0.05, 0.1) is 17.8 Å². The Labute approximate surface area is 100 Å². The van der Waals surface area contributed by atoms with Gasteiger partial charge in [-0.1, -0.05) is 19.1 Å². The quantitative estimate of drug-likeness (QED) is 0.635. The number of benzene rings is 1. The van der Waals surface area contributed by atoms with E-state index < -0.39 is 5.91 Å². The van der Waals surface area contributed by atoms with Gasteiger partial charge in [-0.3, -0.25) is 9.59 Å². The molecule has 0 radical (unpaired) electrons.